The van der Waals surface area contributed by atoms with Crippen molar-refractivity contribution in [3.05, 3.63) is 41.3 Å². The molecule has 2 aromatic rings. The second-order valence-corrected chi connectivity index (χ2v) is 6.79. The fraction of sp³-hybridized carbons (Fsp3) is 0.389. The molecule has 3 rings (SSSR count). The minimum absolute atomic E-state index is 0.0687. The summed E-state index contributed by atoms with van der Waals surface area (Å²) in [6, 6.07) is 8.60. The van der Waals surface area contributed by atoms with Gasteiger partial charge >= 0.3 is 0 Å². The van der Waals surface area contributed by atoms with Crippen LogP contribution in [0, 0.1) is 0 Å². The van der Waals surface area contributed by atoms with Gasteiger partial charge in [0.2, 0.25) is 5.91 Å². The minimum Gasteiger partial charge on any atom is -0.508 e. The number of carbonyl (C=O) groups excluding carboxylic acids is 1. The zero-order valence-corrected chi connectivity index (χ0v) is 15.0. The Morgan fingerprint density at radius 1 is 1.28 bits per heavy atom. The van der Waals surface area contributed by atoms with Crippen molar-refractivity contribution in [2.45, 2.75) is 38.6 Å². The maximum Gasteiger partial charge on any atom is 0.219 e. The number of nitrogens with zero attached hydrogens (tertiary/aromatic N) is 3. The largest absolute Gasteiger partial charge is 0.508 e. The number of carbonyl (C=O) groups is 1. The lowest BCUT2D eigenvalue weighted by Gasteiger charge is -2.36. The van der Waals surface area contributed by atoms with Crippen molar-refractivity contribution in [1.82, 2.24) is 14.9 Å². The number of aromatic hydroxyl groups is 1. The number of phenolic OH excluding ortho intramolecular Hbond substituents is 1. The topological polar surface area (TPSA) is 78.4 Å². The molecule has 1 aromatic carbocycles. The predicted molar refractivity (Wildman–Crippen MR) is 97.3 cm³/mol. The molecule has 132 valence electrons. The number of anilines is 2. The average molecular weight is 361 g/mol. The fourth-order valence-electron chi connectivity index (χ4n) is 3.13. The summed E-state index contributed by atoms with van der Waals surface area (Å²) in [5, 5.41) is 12.9. The van der Waals surface area contributed by atoms with Crippen LogP contribution >= 0.6 is 11.6 Å². The zero-order valence-electron chi connectivity index (χ0n) is 14.2. The van der Waals surface area contributed by atoms with Gasteiger partial charge in [-0.25, -0.2) is 9.97 Å². The predicted octanol–water partition coefficient (Wildman–Crippen LogP) is 3.69. The van der Waals surface area contributed by atoms with Crippen LogP contribution in [0.2, 0.25) is 5.15 Å². The van der Waals surface area contributed by atoms with Gasteiger partial charge in [0.25, 0.3) is 0 Å². The molecule has 1 fully saturated rings. The highest BCUT2D eigenvalue weighted by Gasteiger charge is 2.29. The van der Waals surface area contributed by atoms with Crippen molar-refractivity contribution >= 4 is 29.0 Å². The van der Waals surface area contributed by atoms with Gasteiger partial charge in [-0.15, -0.1) is 0 Å². The highest BCUT2D eigenvalue weighted by molar-refractivity contribution is 6.29. The molecule has 1 aliphatic rings. The third-order valence-electron chi connectivity index (χ3n) is 4.50. The normalized spacial score (nSPS) is 20.4. The fourth-order valence-corrected chi connectivity index (χ4v) is 3.32. The lowest BCUT2D eigenvalue weighted by Crippen LogP contribution is -2.44. The standard InChI is InChI=1S/C18H21ClN4O2/c1-11-3-4-13(10-23(11)12(2)24)18-21-16(19)9-17(22-18)20-14-5-7-15(25)8-6-14/h5-9,11,13,25H,3-4,10H2,1-2H3,(H,20,21,22)/t11-,13+/m0/s1. The summed E-state index contributed by atoms with van der Waals surface area (Å²) in [5.74, 6) is 1.58. The second kappa shape index (κ2) is 7.27. The molecule has 1 aromatic heterocycles. The first kappa shape index (κ1) is 17.5. The number of phenols is 1. The van der Waals surface area contributed by atoms with Crippen LogP contribution in [0.15, 0.2) is 30.3 Å². The summed E-state index contributed by atoms with van der Waals surface area (Å²) in [6.45, 7) is 4.26. The molecular formula is C18H21ClN4O2. The van der Waals surface area contributed by atoms with Crippen molar-refractivity contribution < 1.29 is 9.90 Å². The number of piperidine rings is 1. The monoisotopic (exact) mass is 360 g/mol. The van der Waals surface area contributed by atoms with E-state index in [-0.39, 0.29) is 23.6 Å². The number of aromatic nitrogens is 2. The van der Waals surface area contributed by atoms with Gasteiger partial charge in [-0.05, 0) is 44.0 Å². The molecule has 7 heteroatoms. The molecule has 0 spiro atoms. The lowest BCUT2D eigenvalue weighted by molar-refractivity contribution is -0.132. The van der Waals surface area contributed by atoms with Crippen LogP contribution in [0.1, 0.15) is 38.4 Å². The Balaban J connectivity index is 1.81. The Morgan fingerprint density at radius 3 is 2.68 bits per heavy atom. The molecule has 0 aliphatic carbocycles. The Hall–Kier alpha value is -2.34. The number of rotatable bonds is 3. The van der Waals surface area contributed by atoms with Crippen molar-refractivity contribution in [2.24, 2.45) is 0 Å². The summed E-state index contributed by atoms with van der Waals surface area (Å²) in [4.78, 5) is 22.6. The summed E-state index contributed by atoms with van der Waals surface area (Å²) in [6.07, 6.45) is 1.84. The van der Waals surface area contributed by atoms with Gasteiger partial charge < -0.3 is 15.3 Å². The highest BCUT2D eigenvalue weighted by atomic mass is 35.5. The van der Waals surface area contributed by atoms with E-state index < -0.39 is 0 Å². The van der Waals surface area contributed by atoms with Gasteiger partial charge in [0, 0.05) is 37.2 Å². The van der Waals surface area contributed by atoms with E-state index in [9.17, 15) is 9.90 Å². The van der Waals surface area contributed by atoms with Crippen molar-refractivity contribution in [3.63, 3.8) is 0 Å². The number of benzene rings is 1. The molecule has 0 unspecified atom stereocenters. The molecule has 6 nitrogen and oxygen atoms in total. The Kier molecular flexibility index (Phi) is 5.08. The number of likely N-dealkylation sites (tertiary alicyclic amines) is 1. The number of nitrogens with one attached hydrogen (secondary N) is 1. The molecule has 2 heterocycles. The summed E-state index contributed by atoms with van der Waals surface area (Å²) < 4.78 is 0. The molecule has 1 saturated heterocycles. The van der Waals surface area contributed by atoms with Gasteiger partial charge in [0.1, 0.15) is 22.5 Å². The third-order valence-corrected chi connectivity index (χ3v) is 4.70. The summed E-state index contributed by atoms with van der Waals surface area (Å²) >= 11 is 6.18. The van der Waals surface area contributed by atoms with E-state index in [1.807, 2.05) is 4.90 Å². The van der Waals surface area contributed by atoms with Crippen LogP contribution < -0.4 is 5.32 Å². The first-order valence-electron chi connectivity index (χ1n) is 8.30. The van der Waals surface area contributed by atoms with Crippen LogP contribution in [0.4, 0.5) is 11.5 Å². The second-order valence-electron chi connectivity index (χ2n) is 6.40. The Bertz CT molecular complexity index is 766. The number of hydrogen-bond acceptors (Lipinski definition) is 5. The van der Waals surface area contributed by atoms with E-state index in [0.29, 0.717) is 23.3 Å². The summed E-state index contributed by atoms with van der Waals surface area (Å²) in [5.41, 5.74) is 0.793. The molecule has 2 N–H and O–H groups in total. The van der Waals surface area contributed by atoms with Crippen molar-refractivity contribution in [3.8, 4) is 5.75 Å². The van der Waals surface area contributed by atoms with Gasteiger partial charge in [-0.1, -0.05) is 11.6 Å². The molecular weight excluding hydrogens is 340 g/mol. The Labute approximate surface area is 151 Å². The first-order chi connectivity index (χ1) is 11.9. The molecule has 1 aliphatic heterocycles. The number of hydrogen-bond donors (Lipinski definition) is 2. The van der Waals surface area contributed by atoms with E-state index in [4.69, 9.17) is 11.6 Å². The maximum atomic E-state index is 11.8. The SMILES string of the molecule is CC(=O)N1C[C@H](c2nc(Cl)cc(Nc3ccc(O)cc3)n2)CC[C@@H]1C. The van der Waals surface area contributed by atoms with Crippen LogP contribution in [0.3, 0.4) is 0 Å². The smallest absolute Gasteiger partial charge is 0.219 e. The lowest BCUT2D eigenvalue weighted by atomic mass is 9.92. The van der Waals surface area contributed by atoms with E-state index in [0.717, 1.165) is 18.5 Å². The zero-order chi connectivity index (χ0) is 18.0. The van der Waals surface area contributed by atoms with Gasteiger partial charge in [-0.3, -0.25) is 4.79 Å². The van der Waals surface area contributed by atoms with Crippen molar-refractivity contribution in [2.75, 3.05) is 11.9 Å². The molecule has 25 heavy (non-hydrogen) atoms. The van der Waals surface area contributed by atoms with E-state index in [1.165, 1.54) is 0 Å². The average Bonchev–Trinajstić information content (AvgIpc) is 2.56. The van der Waals surface area contributed by atoms with Crippen LogP contribution in [0.5, 0.6) is 5.75 Å². The van der Waals surface area contributed by atoms with Crippen molar-refractivity contribution in [1.29, 1.82) is 0 Å². The minimum atomic E-state index is 0.0687. The molecule has 1 amide bonds. The molecule has 0 saturated carbocycles. The number of halogens is 1. The van der Waals surface area contributed by atoms with E-state index in [2.05, 4.69) is 22.2 Å². The third kappa shape index (κ3) is 4.20. The number of amides is 1. The molecule has 2 atom stereocenters. The van der Waals surface area contributed by atoms with Gasteiger partial charge in [0.15, 0.2) is 0 Å². The van der Waals surface area contributed by atoms with Crippen LogP contribution in [0.25, 0.3) is 0 Å². The van der Waals surface area contributed by atoms with E-state index in [1.54, 1.807) is 37.3 Å². The Morgan fingerprint density at radius 2 is 2.00 bits per heavy atom. The molecule has 0 radical (unpaired) electrons. The maximum absolute atomic E-state index is 11.8. The van der Waals surface area contributed by atoms with Gasteiger partial charge in [-0.2, -0.15) is 0 Å². The van der Waals surface area contributed by atoms with Crippen LogP contribution in [-0.4, -0.2) is 38.5 Å². The summed E-state index contributed by atoms with van der Waals surface area (Å²) in [7, 11) is 0. The van der Waals surface area contributed by atoms with Gasteiger partial charge in [0.05, 0.1) is 0 Å². The molecule has 0 bridgehead atoms. The van der Waals surface area contributed by atoms with Crippen LogP contribution in [-0.2, 0) is 4.79 Å². The van der Waals surface area contributed by atoms with E-state index >= 15 is 0 Å². The first-order valence-corrected chi connectivity index (χ1v) is 8.68. The highest BCUT2D eigenvalue weighted by Crippen LogP contribution is 2.30. The quantitative estimate of drug-likeness (QED) is 0.644.